The summed E-state index contributed by atoms with van der Waals surface area (Å²) in [7, 11) is 0. The maximum atomic E-state index is 10.9. The molecule has 2 aromatic heterocycles. The number of aromatic amines is 1. The maximum Gasteiger partial charge on any atom is 0.352 e. The number of rotatable bonds is 7. The lowest BCUT2D eigenvalue weighted by Gasteiger charge is -2.39. The molecule has 1 aliphatic heterocycles. The highest BCUT2D eigenvalue weighted by atomic mass is 16.5. The van der Waals surface area contributed by atoms with Gasteiger partial charge in [0.1, 0.15) is 18.1 Å². The Morgan fingerprint density at radius 3 is 2.73 bits per heavy atom. The number of fused-ring (bicyclic) bond motifs is 1. The van der Waals surface area contributed by atoms with Gasteiger partial charge in [-0.3, -0.25) is 0 Å². The van der Waals surface area contributed by atoms with E-state index in [1.165, 1.54) is 0 Å². The number of nitrogens with zero attached hydrogens (tertiary/aromatic N) is 1. The number of furan rings is 1. The number of H-pyrrole nitrogens is 1. The van der Waals surface area contributed by atoms with Crippen LogP contribution in [0.5, 0.6) is 5.75 Å². The third-order valence-corrected chi connectivity index (χ3v) is 7.63. The molecule has 5 rings (SSSR count). The predicted molar refractivity (Wildman–Crippen MR) is 141 cm³/mol. The number of aliphatic hydroxyl groups is 2. The number of nitrogens with one attached hydrogen (secondary N) is 1. The fourth-order valence-corrected chi connectivity index (χ4v) is 5.12. The average molecular weight is 514 g/mol. The summed E-state index contributed by atoms with van der Waals surface area (Å²) in [6.45, 7) is 5.34. The Labute approximate surface area is 217 Å². The Morgan fingerprint density at radius 1 is 1.27 bits per heavy atom. The van der Waals surface area contributed by atoms with Gasteiger partial charge in [-0.05, 0) is 68.7 Å². The van der Waals surface area contributed by atoms with E-state index in [2.05, 4.69) is 16.8 Å². The predicted octanol–water partition coefficient (Wildman–Crippen LogP) is 3.75. The van der Waals surface area contributed by atoms with Crippen LogP contribution in [0.2, 0.25) is 0 Å². The number of likely N-dealkylation sites (tertiary alicyclic amines) is 1. The third kappa shape index (κ3) is 7.35. The van der Waals surface area contributed by atoms with E-state index in [1.807, 2.05) is 24.3 Å². The van der Waals surface area contributed by atoms with E-state index < -0.39 is 11.6 Å². The van der Waals surface area contributed by atoms with E-state index in [0.29, 0.717) is 18.3 Å². The molecular weight excluding hydrogens is 474 g/mol. The molecule has 2 atom stereocenters. The number of hydrogen-bond acceptors (Lipinski definition) is 7. The summed E-state index contributed by atoms with van der Waals surface area (Å²) < 4.78 is 10.6. The zero-order valence-electron chi connectivity index (χ0n) is 21.4. The Bertz CT molecular complexity index is 1140. The molecule has 0 spiro atoms. The van der Waals surface area contributed by atoms with Gasteiger partial charge in [0.05, 0.1) is 24.2 Å². The van der Waals surface area contributed by atoms with Crippen LogP contribution in [0.15, 0.2) is 47.3 Å². The van der Waals surface area contributed by atoms with E-state index in [1.54, 1.807) is 18.6 Å². The van der Waals surface area contributed by atoms with Gasteiger partial charge < -0.3 is 40.1 Å². The van der Waals surface area contributed by atoms with Crippen LogP contribution in [0.25, 0.3) is 10.9 Å². The minimum Gasteiger partial charge on any atom is -0.488 e. The Balaban J connectivity index is 0.000000173. The van der Waals surface area contributed by atoms with Gasteiger partial charge in [0.25, 0.3) is 0 Å². The number of carboxylic acid groups (broad SMARTS) is 1. The lowest BCUT2D eigenvalue weighted by atomic mass is 9.80. The Morgan fingerprint density at radius 2 is 2.05 bits per heavy atom. The number of hydrogen-bond donors (Lipinski definition) is 5. The number of ether oxygens (including phenoxy) is 1. The first-order valence-corrected chi connectivity index (χ1v) is 13.1. The minimum atomic E-state index is -0.989. The molecule has 202 valence electrons. The van der Waals surface area contributed by atoms with Crippen molar-refractivity contribution in [3.63, 3.8) is 0 Å². The molecule has 9 heteroatoms. The molecule has 1 saturated heterocycles. The quantitative estimate of drug-likeness (QED) is 0.321. The molecule has 2 aliphatic rings. The Kier molecular flexibility index (Phi) is 8.91. The van der Waals surface area contributed by atoms with E-state index in [9.17, 15) is 15.0 Å². The number of benzene rings is 1. The monoisotopic (exact) mass is 513 g/mol. The zero-order chi connectivity index (χ0) is 26.4. The molecule has 3 heterocycles. The summed E-state index contributed by atoms with van der Waals surface area (Å²) in [5.41, 5.74) is 7.20. The summed E-state index contributed by atoms with van der Waals surface area (Å²) in [6.07, 6.45) is 8.36. The maximum absolute atomic E-state index is 10.9. The number of carboxylic acids is 1. The molecule has 0 amide bonds. The van der Waals surface area contributed by atoms with Crippen molar-refractivity contribution in [2.75, 3.05) is 19.6 Å². The van der Waals surface area contributed by atoms with Crippen LogP contribution in [0, 0.1) is 5.92 Å². The van der Waals surface area contributed by atoms with Gasteiger partial charge in [-0.1, -0.05) is 13.0 Å². The number of nitrogens with two attached hydrogens (primary N) is 1. The fraction of sp³-hybridized carbons (Fsp3) is 0.536. The summed E-state index contributed by atoms with van der Waals surface area (Å²) in [6, 6.07) is 9.11. The van der Waals surface area contributed by atoms with Gasteiger partial charge in [0.2, 0.25) is 0 Å². The molecule has 0 bridgehead atoms. The molecule has 2 fully saturated rings. The van der Waals surface area contributed by atoms with Crippen molar-refractivity contribution in [2.45, 2.75) is 69.8 Å². The van der Waals surface area contributed by atoms with Crippen LogP contribution in [-0.4, -0.2) is 68.6 Å². The van der Waals surface area contributed by atoms with Crippen LogP contribution < -0.4 is 10.5 Å². The normalized spacial score (nSPS) is 26.4. The first kappa shape index (κ1) is 27.2. The molecule has 1 saturated carbocycles. The van der Waals surface area contributed by atoms with E-state index in [4.69, 9.17) is 20.0 Å². The largest absolute Gasteiger partial charge is 0.488 e. The van der Waals surface area contributed by atoms with Gasteiger partial charge in [-0.25, -0.2) is 4.79 Å². The summed E-state index contributed by atoms with van der Waals surface area (Å²) >= 11 is 0. The van der Waals surface area contributed by atoms with Gasteiger partial charge in [-0.2, -0.15) is 0 Å². The van der Waals surface area contributed by atoms with Gasteiger partial charge >= 0.3 is 5.97 Å². The van der Waals surface area contributed by atoms with Crippen LogP contribution in [0.3, 0.4) is 0 Å². The van der Waals surface area contributed by atoms with Crippen molar-refractivity contribution in [1.29, 1.82) is 0 Å². The van der Waals surface area contributed by atoms with Crippen LogP contribution in [0.1, 0.15) is 61.5 Å². The lowest BCUT2D eigenvalue weighted by molar-refractivity contribution is -0.0252. The minimum absolute atomic E-state index is 0.142. The number of aromatic nitrogens is 1. The van der Waals surface area contributed by atoms with Crippen molar-refractivity contribution in [3.05, 3.63) is 54.1 Å². The standard InChI is InChI=1S/C14H28N2O2.C14H11NO4/c1-11-10-16(8-4-13(11)17)9-7-14(18)5-2-12(15)3-6-14;16-14(17)12-6-10-11(15-12)2-1-3-13(10)19-8-9-4-5-18-7-9/h11-13,17-18H,2-10,15H2,1H3;1-7,15H,8H2,(H,16,17)/t11-,12?,13-,14?;/m0./s1. The molecule has 6 N–H and O–H groups in total. The van der Waals surface area contributed by atoms with Gasteiger partial charge in [-0.15, -0.1) is 0 Å². The second-order valence-corrected chi connectivity index (χ2v) is 10.6. The highest BCUT2D eigenvalue weighted by Crippen LogP contribution is 2.31. The molecule has 0 unspecified atom stereocenters. The van der Waals surface area contributed by atoms with Crippen LogP contribution in [0.4, 0.5) is 0 Å². The lowest BCUT2D eigenvalue weighted by Crippen LogP contribution is -2.45. The number of aromatic carboxylic acids is 1. The Hall–Kier alpha value is -2.85. The molecule has 1 aliphatic carbocycles. The summed E-state index contributed by atoms with van der Waals surface area (Å²) in [5.74, 6) is 0.00704. The topological polar surface area (TPSA) is 145 Å². The van der Waals surface area contributed by atoms with Gasteiger partial charge in [0.15, 0.2) is 0 Å². The van der Waals surface area contributed by atoms with Crippen LogP contribution in [-0.2, 0) is 6.61 Å². The van der Waals surface area contributed by atoms with Crippen molar-refractivity contribution in [2.24, 2.45) is 11.7 Å². The first-order valence-electron chi connectivity index (χ1n) is 13.1. The van der Waals surface area contributed by atoms with Gasteiger partial charge in [0, 0.05) is 42.1 Å². The highest BCUT2D eigenvalue weighted by Gasteiger charge is 2.33. The third-order valence-electron chi connectivity index (χ3n) is 7.63. The second-order valence-electron chi connectivity index (χ2n) is 10.6. The molecule has 3 aromatic rings. The van der Waals surface area contributed by atoms with Crippen LogP contribution >= 0.6 is 0 Å². The van der Waals surface area contributed by atoms with Crippen molar-refractivity contribution in [1.82, 2.24) is 9.88 Å². The van der Waals surface area contributed by atoms with E-state index in [-0.39, 0.29) is 17.8 Å². The average Bonchev–Trinajstić information content (AvgIpc) is 3.56. The number of piperidine rings is 1. The zero-order valence-corrected chi connectivity index (χ0v) is 21.4. The summed E-state index contributed by atoms with van der Waals surface area (Å²) in [4.78, 5) is 16.2. The van der Waals surface area contributed by atoms with E-state index >= 15 is 0 Å². The molecule has 1 aromatic carbocycles. The fourth-order valence-electron chi connectivity index (χ4n) is 5.12. The first-order chi connectivity index (χ1) is 17.7. The van der Waals surface area contributed by atoms with E-state index in [0.717, 1.165) is 74.6 Å². The van der Waals surface area contributed by atoms with Crippen molar-refractivity contribution < 1.29 is 29.3 Å². The molecule has 37 heavy (non-hydrogen) atoms. The van der Waals surface area contributed by atoms with Crippen molar-refractivity contribution >= 4 is 16.9 Å². The van der Waals surface area contributed by atoms with Crippen molar-refractivity contribution in [3.8, 4) is 5.75 Å². The SMILES string of the molecule is C[C@H]1CN(CCC2(O)CCC(N)CC2)CC[C@@H]1O.O=C(O)c1cc2c(OCc3ccoc3)cccc2[nH]1. The number of carbonyl (C=O) groups is 1. The smallest absolute Gasteiger partial charge is 0.352 e. The molecule has 9 nitrogen and oxygen atoms in total. The molecule has 0 radical (unpaired) electrons. The molecular formula is C28H39N3O6. The second kappa shape index (κ2) is 12.1. The highest BCUT2D eigenvalue weighted by molar-refractivity contribution is 5.96. The summed E-state index contributed by atoms with van der Waals surface area (Å²) in [5, 5.41) is 29.9. The number of aliphatic hydroxyl groups excluding tert-OH is 1.